The third-order valence-electron chi connectivity index (χ3n) is 8.33. The summed E-state index contributed by atoms with van der Waals surface area (Å²) in [7, 11) is 0. The van der Waals surface area contributed by atoms with Crippen molar-refractivity contribution in [2.45, 2.75) is 90.4 Å². The molecule has 0 bridgehead atoms. The fourth-order valence-corrected chi connectivity index (χ4v) is 6.24. The van der Waals surface area contributed by atoms with E-state index in [1.165, 1.54) is 0 Å². The van der Waals surface area contributed by atoms with Crippen LogP contribution in [-0.2, 0) is 17.6 Å². The molecular weight excluding hydrogens is 556 g/mol. The van der Waals surface area contributed by atoms with Crippen molar-refractivity contribution in [3.05, 3.63) is 81.5 Å². The number of aromatic nitrogens is 8. The maximum atomic E-state index is 14.4. The predicted octanol–water partition coefficient (Wildman–Crippen LogP) is 4.86. The molecule has 1 aliphatic carbocycles. The van der Waals surface area contributed by atoms with Crippen LogP contribution in [0.1, 0.15) is 81.6 Å². The molecule has 3 aromatic heterocycles. The molecule has 5 aromatic rings. The van der Waals surface area contributed by atoms with Gasteiger partial charge in [0.2, 0.25) is 5.78 Å². The van der Waals surface area contributed by atoms with Crippen LogP contribution < -0.4 is 5.56 Å². The van der Waals surface area contributed by atoms with Gasteiger partial charge in [-0.1, -0.05) is 61.9 Å². The van der Waals surface area contributed by atoms with E-state index in [4.69, 9.17) is 14.8 Å². The summed E-state index contributed by atoms with van der Waals surface area (Å²) in [6, 6.07) is 16.4. The Morgan fingerprint density at radius 3 is 2.43 bits per heavy atom. The quantitative estimate of drug-likeness (QED) is 0.233. The molecule has 6 rings (SSSR count). The molecule has 0 amide bonds. The first kappa shape index (κ1) is 29.8. The highest BCUT2D eigenvalue weighted by atomic mass is 16.5. The zero-order valence-corrected chi connectivity index (χ0v) is 25.8. The van der Waals surface area contributed by atoms with Gasteiger partial charge in [-0.15, -0.1) is 5.10 Å². The molecular formula is C33H40N8O3. The van der Waals surface area contributed by atoms with Gasteiger partial charge >= 0.3 is 0 Å². The van der Waals surface area contributed by atoms with Gasteiger partial charge in [0.05, 0.1) is 24.0 Å². The van der Waals surface area contributed by atoms with Gasteiger partial charge in [0.25, 0.3) is 5.56 Å². The lowest BCUT2D eigenvalue weighted by Gasteiger charge is -2.32. The standard InChI is InChI=1S/C33H40N8O3/c1-5-8-29-28(19-22-11-13-23(14-12-22)26-9-6-7-10-27(26)30-35-38-39-36-30)31(42)40(32-34-21(2)37-41(29)32)24-15-17-25(18-16-24)44-20-33(3,4)43/h6-7,9-14,24-25,43H,5,8,15-20H2,1-4H3,(H,35,36,38,39). The van der Waals surface area contributed by atoms with Crippen LogP contribution in [0.15, 0.2) is 53.3 Å². The molecule has 44 heavy (non-hydrogen) atoms. The molecule has 11 nitrogen and oxygen atoms in total. The number of fused-ring (bicyclic) bond motifs is 1. The lowest BCUT2D eigenvalue weighted by Crippen LogP contribution is -2.36. The molecule has 0 radical (unpaired) electrons. The van der Waals surface area contributed by atoms with E-state index in [0.717, 1.165) is 72.0 Å². The molecule has 1 aliphatic rings. The van der Waals surface area contributed by atoms with Gasteiger partial charge in [0, 0.05) is 23.6 Å². The minimum Gasteiger partial charge on any atom is -0.388 e. The van der Waals surface area contributed by atoms with E-state index in [-0.39, 0.29) is 17.7 Å². The lowest BCUT2D eigenvalue weighted by molar-refractivity contribution is -0.0654. The molecule has 1 fully saturated rings. The molecule has 230 valence electrons. The van der Waals surface area contributed by atoms with Gasteiger partial charge in [-0.3, -0.25) is 9.36 Å². The number of rotatable bonds is 10. The van der Waals surface area contributed by atoms with Gasteiger partial charge in [-0.25, -0.2) is 9.61 Å². The predicted molar refractivity (Wildman–Crippen MR) is 167 cm³/mol. The van der Waals surface area contributed by atoms with E-state index in [2.05, 4.69) is 57.9 Å². The zero-order valence-electron chi connectivity index (χ0n) is 25.8. The van der Waals surface area contributed by atoms with Crippen LogP contribution in [0, 0.1) is 6.92 Å². The van der Waals surface area contributed by atoms with Crippen LogP contribution in [0.25, 0.3) is 28.3 Å². The summed E-state index contributed by atoms with van der Waals surface area (Å²) in [5, 5.41) is 29.3. The summed E-state index contributed by atoms with van der Waals surface area (Å²) in [6.45, 7) is 7.81. The van der Waals surface area contributed by atoms with Crippen molar-refractivity contribution in [1.82, 2.24) is 39.8 Å². The first-order valence-corrected chi connectivity index (χ1v) is 15.5. The van der Waals surface area contributed by atoms with E-state index >= 15 is 0 Å². The van der Waals surface area contributed by atoms with Crippen molar-refractivity contribution in [2.75, 3.05) is 6.61 Å². The average molecular weight is 597 g/mol. The molecule has 0 saturated heterocycles. The number of aryl methyl sites for hydroxylation is 2. The van der Waals surface area contributed by atoms with E-state index in [9.17, 15) is 9.90 Å². The molecule has 2 N–H and O–H groups in total. The monoisotopic (exact) mass is 596 g/mol. The minimum absolute atomic E-state index is 0.00877. The maximum absolute atomic E-state index is 14.4. The molecule has 3 heterocycles. The van der Waals surface area contributed by atoms with Crippen LogP contribution in [0.5, 0.6) is 0 Å². The fourth-order valence-electron chi connectivity index (χ4n) is 6.24. The Kier molecular flexibility index (Phi) is 8.42. The minimum atomic E-state index is -0.862. The van der Waals surface area contributed by atoms with Crippen molar-refractivity contribution in [2.24, 2.45) is 0 Å². The van der Waals surface area contributed by atoms with Crippen molar-refractivity contribution < 1.29 is 9.84 Å². The lowest BCUT2D eigenvalue weighted by atomic mass is 9.92. The third-order valence-corrected chi connectivity index (χ3v) is 8.33. The Labute approximate surface area is 256 Å². The highest BCUT2D eigenvalue weighted by Gasteiger charge is 2.29. The number of H-pyrrole nitrogens is 1. The number of aliphatic hydroxyl groups is 1. The second-order valence-corrected chi connectivity index (χ2v) is 12.4. The number of hydrogen-bond donors (Lipinski definition) is 2. The van der Waals surface area contributed by atoms with E-state index in [0.29, 0.717) is 30.5 Å². The summed E-state index contributed by atoms with van der Waals surface area (Å²) in [5.74, 6) is 1.89. The van der Waals surface area contributed by atoms with Crippen molar-refractivity contribution in [1.29, 1.82) is 0 Å². The summed E-state index contributed by atoms with van der Waals surface area (Å²) < 4.78 is 9.79. The molecule has 11 heteroatoms. The van der Waals surface area contributed by atoms with Crippen LogP contribution in [-0.4, -0.2) is 63.2 Å². The van der Waals surface area contributed by atoms with Gasteiger partial charge in [0.15, 0.2) is 5.82 Å². The maximum Gasteiger partial charge on any atom is 0.259 e. The smallest absolute Gasteiger partial charge is 0.259 e. The highest BCUT2D eigenvalue weighted by Crippen LogP contribution is 2.32. The fraction of sp³-hybridized carbons (Fsp3) is 0.455. The van der Waals surface area contributed by atoms with Crippen LogP contribution in [0.4, 0.5) is 0 Å². The Morgan fingerprint density at radius 1 is 1.05 bits per heavy atom. The number of hydrogen-bond acceptors (Lipinski definition) is 8. The van der Waals surface area contributed by atoms with E-state index in [1.807, 2.05) is 34.2 Å². The number of ether oxygens (including phenoxy) is 1. The number of tetrazole rings is 1. The molecule has 1 saturated carbocycles. The van der Waals surface area contributed by atoms with E-state index < -0.39 is 5.60 Å². The molecule has 0 spiro atoms. The Hall–Kier alpha value is -4.22. The van der Waals surface area contributed by atoms with Crippen molar-refractivity contribution in [3.63, 3.8) is 0 Å². The van der Waals surface area contributed by atoms with Gasteiger partial charge in [0.1, 0.15) is 5.82 Å². The SMILES string of the molecule is CCCc1c(Cc2ccc(-c3ccccc3-c3nnn[nH]3)cc2)c(=O)n(C2CCC(OCC(C)(C)O)CC2)c2nc(C)nn12. The van der Waals surface area contributed by atoms with Crippen LogP contribution >= 0.6 is 0 Å². The summed E-state index contributed by atoms with van der Waals surface area (Å²) >= 11 is 0. The van der Waals surface area contributed by atoms with Crippen LogP contribution in [0.2, 0.25) is 0 Å². The number of benzene rings is 2. The molecule has 2 aromatic carbocycles. The van der Waals surface area contributed by atoms with Crippen molar-refractivity contribution in [3.8, 4) is 22.5 Å². The summed E-state index contributed by atoms with van der Waals surface area (Å²) in [6.07, 6.45) is 5.46. The van der Waals surface area contributed by atoms with E-state index in [1.54, 1.807) is 13.8 Å². The number of aromatic amines is 1. The topological polar surface area (TPSA) is 136 Å². The Morgan fingerprint density at radius 2 is 1.77 bits per heavy atom. The second kappa shape index (κ2) is 12.4. The average Bonchev–Trinajstić information content (AvgIpc) is 3.69. The van der Waals surface area contributed by atoms with Crippen molar-refractivity contribution >= 4 is 5.78 Å². The molecule has 0 atom stereocenters. The Bertz CT molecular complexity index is 1780. The first-order chi connectivity index (χ1) is 21.2. The number of nitrogens with one attached hydrogen (secondary N) is 1. The third kappa shape index (κ3) is 6.20. The van der Waals surface area contributed by atoms with Gasteiger partial charge < -0.3 is 9.84 Å². The molecule has 0 aliphatic heterocycles. The summed E-state index contributed by atoms with van der Waals surface area (Å²) in [5.41, 5.74) is 4.88. The largest absolute Gasteiger partial charge is 0.388 e. The second-order valence-electron chi connectivity index (χ2n) is 12.4. The highest BCUT2D eigenvalue weighted by molar-refractivity contribution is 5.80. The normalized spacial score (nSPS) is 17.4. The summed E-state index contributed by atoms with van der Waals surface area (Å²) in [4.78, 5) is 19.1. The van der Waals surface area contributed by atoms with Gasteiger partial charge in [-0.2, -0.15) is 10.1 Å². The number of nitrogens with zero attached hydrogens (tertiary/aromatic N) is 7. The zero-order chi connectivity index (χ0) is 30.8. The van der Waals surface area contributed by atoms with Crippen LogP contribution in [0.3, 0.4) is 0 Å². The Balaban J connectivity index is 1.32. The van der Waals surface area contributed by atoms with Gasteiger partial charge in [-0.05, 0) is 80.0 Å². The molecule has 0 unspecified atom stereocenters. The first-order valence-electron chi connectivity index (χ1n) is 15.5.